The summed E-state index contributed by atoms with van der Waals surface area (Å²) in [4.78, 5) is 0. The molecule has 1 saturated heterocycles. The van der Waals surface area contributed by atoms with E-state index in [4.69, 9.17) is 4.74 Å². The number of phenols is 1. The van der Waals surface area contributed by atoms with Gasteiger partial charge in [-0.2, -0.15) is 0 Å². The van der Waals surface area contributed by atoms with Crippen LogP contribution >= 0.6 is 0 Å². The summed E-state index contributed by atoms with van der Waals surface area (Å²) in [6.07, 6.45) is 4.85. The minimum Gasteiger partial charge on any atom is -0.508 e. The van der Waals surface area contributed by atoms with Gasteiger partial charge in [-0.1, -0.05) is 12.1 Å². The van der Waals surface area contributed by atoms with Gasteiger partial charge in [0.1, 0.15) is 5.75 Å². The molecule has 1 aromatic carbocycles. The predicted octanol–water partition coefficient (Wildman–Crippen LogP) is 2.09. The standard InChI is InChI=1S/C14H21NO2/c1-15-12(10-14-3-2-8-17-14)9-11-4-6-13(16)7-5-11/h4-7,12,14-16H,2-3,8-10H2,1H3. The van der Waals surface area contributed by atoms with E-state index < -0.39 is 0 Å². The summed E-state index contributed by atoms with van der Waals surface area (Å²) in [7, 11) is 2.00. The molecule has 2 unspecified atom stereocenters. The van der Waals surface area contributed by atoms with Crippen LogP contribution in [-0.2, 0) is 11.2 Å². The Bertz CT molecular complexity index is 331. The van der Waals surface area contributed by atoms with Crippen molar-refractivity contribution in [3.05, 3.63) is 29.8 Å². The molecule has 1 heterocycles. The van der Waals surface area contributed by atoms with Crippen molar-refractivity contribution in [1.29, 1.82) is 0 Å². The topological polar surface area (TPSA) is 41.5 Å². The number of likely N-dealkylation sites (N-methyl/N-ethyl adjacent to an activating group) is 1. The van der Waals surface area contributed by atoms with Crippen LogP contribution in [-0.4, -0.2) is 30.9 Å². The number of benzene rings is 1. The zero-order valence-electron chi connectivity index (χ0n) is 10.4. The molecule has 0 radical (unpaired) electrons. The molecule has 3 nitrogen and oxygen atoms in total. The highest BCUT2D eigenvalue weighted by Crippen LogP contribution is 2.19. The fraction of sp³-hybridized carbons (Fsp3) is 0.571. The van der Waals surface area contributed by atoms with Gasteiger partial charge in [0, 0.05) is 12.6 Å². The Balaban J connectivity index is 1.87. The van der Waals surface area contributed by atoms with Crippen LogP contribution in [0.1, 0.15) is 24.8 Å². The highest BCUT2D eigenvalue weighted by molar-refractivity contribution is 5.26. The zero-order chi connectivity index (χ0) is 12.1. The van der Waals surface area contributed by atoms with Crippen LogP contribution in [0.2, 0.25) is 0 Å². The molecule has 2 atom stereocenters. The third-order valence-corrected chi connectivity index (χ3v) is 3.40. The number of phenolic OH excluding ortho intramolecular Hbond substituents is 1. The molecule has 1 aromatic rings. The van der Waals surface area contributed by atoms with Crippen LogP contribution in [0.15, 0.2) is 24.3 Å². The number of rotatable bonds is 5. The van der Waals surface area contributed by atoms with Gasteiger partial charge in [0.2, 0.25) is 0 Å². The molecule has 1 fully saturated rings. The van der Waals surface area contributed by atoms with Crippen LogP contribution in [0, 0.1) is 0 Å². The van der Waals surface area contributed by atoms with Gasteiger partial charge < -0.3 is 15.2 Å². The summed E-state index contributed by atoms with van der Waals surface area (Å²) in [6.45, 7) is 0.917. The van der Waals surface area contributed by atoms with Crippen LogP contribution < -0.4 is 5.32 Å². The summed E-state index contributed by atoms with van der Waals surface area (Å²) < 4.78 is 5.66. The van der Waals surface area contributed by atoms with Gasteiger partial charge in [-0.15, -0.1) is 0 Å². The fourth-order valence-electron chi connectivity index (χ4n) is 2.37. The molecule has 1 aliphatic heterocycles. The van der Waals surface area contributed by atoms with E-state index in [1.54, 1.807) is 12.1 Å². The first kappa shape index (κ1) is 12.4. The summed E-state index contributed by atoms with van der Waals surface area (Å²) in [6, 6.07) is 7.90. The monoisotopic (exact) mass is 235 g/mol. The summed E-state index contributed by atoms with van der Waals surface area (Å²) >= 11 is 0. The summed E-state index contributed by atoms with van der Waals surface area (Å²) in [5.74, 6) is 0.328. The second-order valence-corrected chi connectivity index (χ2v) is 4.73. The van der Waals surface area contributed by atoms with E-state index in [0.29, 0.717) is 17.9 Å². The van der Waals surface area contributed by atoms with Crippen molar-refractivity contribution in [3.63, 3.8) is 0 Å². The highest BCUT2D eigenvalue weighted by Gasteiger charge is 2.19. The van der Waals surface area contributed by atoms with Crippen molar-refractivity contribution >= 4 is 0 Å². The van der Waals surface area contributed by atoms with Crippen molar-refractivity contribution in [2.45, 2.75) is 37.8 Å². The van der Waals surface area contributed by atoms with Crippen LogP contribution in [0.3, 0.4) is 0 Å². The molecule has 2 N–H and O–H groups in total. The average Bonchev–Trinajstić information content (AvgIpc) is 2.84. The van der Waals surface area contributed by atoms with Gasteiger partial charge in [0.05, 0.1) is 6.10 Å². The number of hydrogen-bond donors (Lipinski definition) is 2. The number of aromatic hydroxyl groups is 1. The minimum atomic E-state index is 0.328. The van der Waals surface area contributed by atoms with Crippen molar-refractivity contribution in [1.82, 2.24) is 5.32 Å². The van der Waals surface area contributed by atoms with E-state index in [9.17, 15) is 5.11 Å². The maximum absolute atomic E-state index is 9.24. The highest BCUT2D eigenvalue weighted by atomic mass is 16.5. The van der Waals surface area contributed by atoms with E-state index >= 15 is 0 Å². The lowest BCUT2D eigenvalue weighted by Crippen LogP contribution is -2.31. The first-order valence-electron chi connectivity index (χ1n) is 6.34. The molecular weight excluding hydrogens is 214 g/mol. The van der Waals surface area contributed by atoms with Crippen LogP contribution in [0.5, 0.6) is 5.75 Å². The first-order valence-corrected chi connectivity index (χ1v) is 6.34. The molecule has 1 aliphatic rings. The van der Waals surface area contributed by atoms with E-state index in [0.717, 1.165) is 19.4 Å². The maximum atomic E-state index is 9.24. The normalized spacial score (nSPS) is 21.6. The van der Waals surface area contributed by atoms with Gasteiger partial charge >= 0.3 is 0 Å². The van der Waals surface area contributed by atoms with Gasteiger partial charge in [0.25, 0.3) is 0 Å². The van der Waals surface area contributed by atoms with E-state index in [1.807, 2.05) is 19.2 Å². The molecule has 0 spiro atoms. The van der Waals surface area contributed by atoms with Gasteiger partial charge in [-0.25, -0.2) is 0 Å². The lowest BCUT2D eigenvalue weighted by molar-refractivity contribution is 0.0954. The molecule has 0 amide bonds. The Kier molecular flexibility index (Phi) is 4.40. The number of hydrogen-bond acceptors (Lipinski definition) is 3. The predicted molar refractivity (Wildman–Crippen MR) is 68.2 cm³/mol. The molecule has 0 aliphatic carbocycles. The third-order valence-electron chi connectivity index (χ3n) is 3.40. The smallest absolute Gasteiger partial charge is 0.115 e. The van der Waals surface area contributed by atoms with E-state index in [2.05, 4.69) is 5.32 Å². The van der Waals surface area contributed by atoms with Gasteiger partial charge in [-0.3, -0.25) is 0 Å². The molecule has 94 valence electrons. The molecule has 0 aromatic heterocycles. The van der Waals surface area contributed by atoms with E-state index in [1.165, 1.54) is 18.4 Å². The third kappa shape index (κ3) is 3.72. The van der Waals surface area contributed by atoms with Crippen molar-refractivity contribution in [2.24, 2.45) is 0 Å². The Morgan fingerprint density at radius 1 is 1.41 bits per heavy atom. The van der Waals surface area contributed by atoms with Crippen LogP contribution in [0.4, 0.5) is 0 Å². The fourth-order valence-corrected chi connectivity index (χ4v) is 2.37. The van der Waals surface area contributed by atoms with Crippen molar-refractivity contribution < 1.29 is 9.84 Å². The minimum absolute atomic E-state index is 0.328. The Morgan fingerprint density at radius 2 is 2.18 bits per heavy atom. The van der Waals surface area contributed by atoms with Crippen molar-refractivity contribution in [2.75, 3.05) is 13.7 Å². The summed E-state index contributed by atoms with van der Waals surface area (Å²) in [5, 5.41) is 12.6. The number of nitrogens with one attached hydrogen (secondary N) is 1. The Labute approximate surface area is 103 Å². The zero-order valence-corrected chi connectivity index (χ0v) is 10.4. The molecular formula is C14H21NO2. The van der Waals surface area contributed by atoms with Gasteiger partial charge in [0.15, 0.2) is 0 Å². The summed E-state index contributed by atoms with van der Waals surface area (Å²) in [5.41, 5.74) is 1.25. The second kappa shape index (κ2) is 6.03. The Morgan fingerprint density at radius 3 is 2.76 bits per heavy atom. The lowest BCUT2D eigenvalue weighted by atomic mass is 9.99. The SMILES string of the molecule is CNC(Cc1ccc(O)cc1)CC1CCCO1. The molecule has 0 saturated carbocycles. The molecule has 2 rings (SSSR count). The number of ether oxygens (including phenoxy) is 1. The first-order chi connectivity index (χ1) is 8.28. The second-order valence-electron chi connectivity index (χ2n) is 4.73. The maximum Gasteiger partial charge on any atom is 0.115 e. The van der Waals surface area contributed by atoms with E-state index in [-0.39, 0.29) is 0 Å². The Hall–Kier alpha value is -1.06. The molecule has 3 heteroatoms. The molecule has 0 bridgehead atoms. The van der Waals surface area contributed by atoms with Crippen LogP contribution in [0.25, 0.3) is 0 Å². The molecule has 17 heavy (non-hydrogen) atoms. The quantitative estimate of drug-likeness (QED) is 0.821. The lowest BCUT2D eigenvalue weighted by Gasteiger charge is -2.19. The van der Waals surface area contributed by atoms with Crippen molar-refractivity contribution in [3.8, 4) is 5.75 Å². The average molecular weight is 235 g/mol. The largest absolute Gasteiger partial charge is 0.508 e. The van der Waals surface area contributed by atoms with Gasteiger partial charge in [-0.05, 0) is 50.4 Å².